The van der Waals surface area contributed by atoms with Crippen molar-refractivity contribution >= 4 is 11.8 Å². The van der Waals surface area contributed by atoms with Crippen LogP contribution in [0.15, 0.2) is 30.3 Å². The Hall–Kier alpha value is -0.510. The zero-order chi connectivity index (χ0) is 13.1. The van der Waals surface area contributed by atoms with E-state index < -0.39 is 0 Å². The molecule has 2 fully saturated rings. The average molecular weight is 276 g/mol. The Morgan fingerprint density at radius 2 is 2.00 bits per heavy atom. The molecule has 1 aromatic carbocycles. The summed E-state index contributed by atoms with van der Waals surface area (Å²) in [5.74, 6) is 1.30. The highest BCUT2D eigenvalue weighted by molar-refractivity contribution is 8.00. The fraction of sp³-hybridized carbons (Fsp3) is 0.625. The molecule has 0 aromatic heterocycles. The lowest BCUT2D eigenvalue weighted by atomic mass is 10.0. The summed E-state index contributed by atoms with van der Waals surface area (Å²) in [6.07, 6.45) is 3.85. The minimum absolute atomic E-state index is 0.397. The van der Waals surface area contributed by atoms with Crippen LogP contribution in [0, 0.1) is 0 Å². The van der Waals surface area contributed by atoms with Gasteiger partial charge in [0.15, 0.2) is 0 Å². The van der Waals surface area contributed by atoms with Gasteiger partial charge in [-0.3, -0.25) is 10.2 Å². The molecule has 2 aliphatic heterocycles. The van der Waals surface area contributed by atoms with Crippen molar-refractivity contribution in [3.63, 3.8) is 0 Å². The number of benzene rings is 1. The summed E-state index contributed by atoms with van der Waals surface area (Å²) in [6.45, 7) is 5.86. The van der Waals surface area contributed by atoms with Crippen LogP contribution in [-0.4, -0.2) is 34.7 Å². The van der Waals surface area contributed by atoms with E-state index in [4.69, 9.17) is 0 Å². The molecular formula is C16H24N2S. The molecule has 1 aromatic rings. The number of hydrogen-bond acceptors (Lipinski definition) is 3. The van der Waals surface area contributed by atoms with E-state index in [1.807, 2.05) is 0 Å². The molecule has 0 saturated carbocycles. The van der Waals surface area contributed by atoms with E-state index in [9.17, 15) is 0 Å². The fourth-order valence-electron chi connectivity index (χ4n) is 3.14. The topological polar surface area (TPSA) is 15.3 Å². The predicted molar refractivity (Wildman–Crippen MR) is 83.4 cm³/mol. The lowest BCUT2D eigenvalue weighted by Crippen LogP contribution is -2.49. The number of likely N-dealkylation sites (tertiary alicyclic amines) is 1. The predicted octanol–water partition coefficient (Wildman–Crippen LogP) is 3.09. The molecule has 3 rings (SSSR count). The van der Waals surface area contributed by atoms with Crippen molar-refractivity contribution in [3.8, 4) is 0 Å². The zero-order valence-electron chi connectivity index (χ0n) is 11.8. The van der Waals surface area contributed by atoms with Crippen LogP contribution in [0.4, 0.5) is 0 Å². The van der Waals surface area contributed by atoms with E-state index >= 15 is 0 Å². The van der Waals surface area contributed by atoms with Crippen molar-refractivity contribution in [2.45, 2.75) is 43.6 Å². The SMILES string of the molecule is CCC1CSC2(CCN(Cc3ccccc3)CC2)N1. The lowest BCUT2D eigenvalue weighted by molar-refractivity contribution is 0.175. The number of nitrogens with zero attached hydrogens (tertiary/aromatic N) is 1. The summed E-state index contributed by atoms with van der Waals surface area (Å²) in [5, 5.41) is 3.88. The van der Waals surface area contributed by atoms with E-state index in [1.165, 1.54) is 43.7 Å². The van der Waals surface area contributed by atoms with E-state index in [-0.39, 0.29) is 0 Å². The Labute approximate surface area is 121 Å². The number of thioether (sulfide) groups is 1. The van der Waals surface area contributed by atoms with Gasteiger partial charge in [0, 0.05) is 31.4 Å². The number of nitrogens with one attached hydrogen (secondary N) is 1. The van der Waals surface area contributed by atoms with Gasteiger partial charge in [0.2, 0.25) is 0 Å². The number of rotatable bonds is 3. The number of piperidine rings is 1. The molecule has 1 spiro atoms. The van der Waals surface area contributed by atoms with Crippen molar-refractivity contribution in [3.05, 3.63) is 35.9 Å². The van der Waals surface area contributed by atoms with Crippen LogP contribution >= 0.6 is 11.8 Å². The Morgan fingerprint density at radius 1 is 1.26 bits per heavy atom. The minimum Gasteiger partial charge on any atom is -0.299 e. The quantitative estimate of drug-likeness (QED) is 0.913. The zero-order valence-corrected chi connectivity index (χ0v) is 12.6. The van der Waals surface area contributed by atoms with Crippen LogP contribution in [0.3, 0.4) is 0 Å². The van der Waals surface area contributed by atoms with Gasteiger partial charge in [0.05, 0.1) is 4.87 Å². The Kier molecular flexibility index (Phi) is 4.15. The van der Waals surface area contributed by atoms with Crippen molar-refractivity contribution in [2.24, 2.45) is 0 Å². The molecule has 2 saturated heterocycles. The summed E-state index contributed by atoms with van der Waals surface area (Å²) in [5.41, 5.74) is 1.44. The van der Waals surface area contributed by atoms with Crippen LogP contribution in [0.5, 0.6) is 0 Å². The third-order valence-electron chi connectivity index (χ3n) is 4.43. The summed E-state index contributed by atoms with van der Waals surface area (Å²) in [7, 11) is 0. The molecule has 1 unspecified atom stereocenters. The first-order valence-corrected chi connectivity index (χ1v) is 8.46. The van der Waals surface area contributed by atoms with Gasteiger partial charge in [-0.25, -0.2) is 0 Å². The average Bonchev–Trinajstić information content (AvgIpc) is 2.86. The van der Waals surface area contributed by atoms with Crippen LogP contribution in [0.2, 0.25) is 0 Å². The highest BCUT2D eigenvalue weighted by atomic mass is 32.2. The summed E-state index contributed by atoms with van der Waals surface area (Å²) in [4.78, 5) is 3.00. The first kappa shape index (κ1) is 13.5. The lowest BCUT2D eigenvalue weighted by Gasteiger charge is -2.39. The molecule has 19 heavy (non-hydrogen) atoms. The molecule has 1 atom stereocenters. The van der Waals surface area contributed by atoms with Crippen molar-refractivity contribution in [2.75, 3.05) is 18.8 Å². The maximum absolute atomic E-state index is 3.88. The minimum atomic E-state index is 0.397. The molecule has 104 valence electrons. The van der Waals surface area contributed by atoms with Crippen molar-refractivity contribution in [1.29, 1.82) is 0 Å². The normalized spacial score (nSPS) is 26.9. The first-order valence-electron chi connectivity index (χ1n) is 7.48. The van der Waals surface area contributed by atoms with Gasteiger partial charge in [-0.05, 0) is 24.8 Å². The number of hydrogen-bond donors (Lipinski definition) is 1. The van der Waals surface area contributed by atoms with Gasteiger partial charge in [0.1, 0.15) is 0 Å². The molecule has 3 heteroatoms. The maximum Gasteiger partial charge on any atom is 0.0672 e. The summed E-state index contributed by atoms with van der Waals surface area (Å²) < 4.78 is 0. The van der Waals surface area contributed by atoms with Gasteiger partial charge < -0.3 is 0 Å². The fourth-order valence-corrected chi connectivity index (χ4v) is 4.70. The van der Waals surface area contributed by atoms with Gasteiger partial charge in [-0.2, -0.15) is 0 Å². The molecule has 0 bridgehead atoms. The van der Waals surface area contributed by atoms with E-state index in [0.29, 0.717) is 4.87 Å². The highest BCUT2D eigenvalue weighted by Crippen LogP contribution is 2.39. The summed E-state index contributed by atoms with van der Waals surface area (Å²) >= 11 is 2.17. The largest absolute Gasteiger partial charge is 0.299 e. The maximum atomic E-state index is 3.88. The third-order valence-corrected chi connectivity index (χ3v) is 6.08. The summed E-state index contributed by atoms with van der Waals surface area (Å²) in [6, 6.07) is 11.6. The van der Waals surface area contributed by atoms with E-state index in [2.05, 4.69) is 59.2 Å². The Morgan fingerprint density at radius 3 is 2.63 bits per heavy atom. The second-order valence-corrected chi connectivity index (χ2v) is 7.22. The molecule has 2 nitrogen and oxygen atoms in total. The van der Waals surface area contributed by atoms with Crippen LogP contribution < -0.4 is 5.32 Å². The third kappa shape index (κ3) is 3.15. The molecule has 0 amide bonds. The second-order valence-electron chi connectivity index (χ2n) is 5.82. The Balaban J connectivity index is 1.53. The molecule has 1 N–H and O–H groups in total. The van der Waals surface area contributed by atoms with Crippen molar-refractivity contribution < 1.29 is 0 Å². The van der Waals surface area contributed by atoms with Gasteiger partial charge in [-0.15, -0.1) is 11.8 Å². The van der Waals surface area contributed by atoms with E-state index in [0.717, 1.165) is 12.6 Å². The molecule has 0 radical (unpaired) electrons. The van der Waals surface area contributed by atoms with Crippen LogP contribution in [0.1, 0.15) is 31.7 Å². The van der Waals surface area contributed by atoms with Crippen molar-refractivity contribution in [1.82, 2.24) is 10.2 Å². The molecular weight excluding hydrogens is 252 g/mol. The first-order chi connectivity index (χ1) is 9.30. The monoisotopic (exact) mass is 276 g/mol. The second kappa shape index (κ2) is 5.86. The Bertz CT molecular complexity index is 398. The van der Waals surface area contributed by atoms with Gasteiger partial charge in [0.25, 0.3) is 0 Å². The molecule has 2 heterocycles. The standard InChI is InChI=1S/C16H24N2S/c1-2-15-13-19-16(17-15)8-10-18(11-9-16)12-14-6-4-3-5-7-14/h3-7,15,17H,2,8-13H2,1H3. The van der Waals surface area contributed by atoms with Gasteiger partial charge in [-0.1, -0.05) is 37.3 Å². The highest BCUT2D eigenvalue weighted by Gasteiger charge is 2.40. The molecule has 0 aliphatic carbocycles. The molecule has 2 aliphatic rings. The smallest absolute Gasteiger partial charge is 0.0672 e. The van der Waals surface area contributed by atoms with Gasteiger partial charge >= 0.3 is 0 Å². The van der Waals surface area contributed by atoms with Crippen LogP contribution in [0.25, 0.3) is 0 Å². The van der Waals surface area contributed by atoms with E-state index in [1.54, 1.807) is 0 Å². The van der Waals surface area contributed by atoms with Crippen LogP contribution in [-0.2, 0) is 6.54 Å².